The van der Waals surface area contributed by atoms with Crippen LogP contribution in [0, 0.1) is 6.92 Å². The summed E-state index contributed by atoms with van der Waals surface area (Å²) in [7, 11) is 0. The molecule has 2 N–H and O–H groups in total. The van der Waals surface area contributed by atoms with E-state index in [1.165, 1.54) is 0 Å². The van der Waals surface area contributed by atoms with Crippen molar-refractivity contribution in [1.82, 2.24) is 20.2 Å². The van der Waals surface area contributed by atoms with E-state index in [0.717, 1.165) is 41.5 Å². The molecule has 0 radical (unpaired) electrons. The molecule has 1 unspecified atom stereocenters. The highest BCUT2D eigenvalue weighted by Crippen LogP contribution is 2.15. The summed E-state index contributed by atoms with van der Waals surface area (Å²) in [6.07, 6.45) is 0.566. The van der Waals surface area contributed by atoms with E-state index in [4.69, 9.17) is 0 Å². The molecule has 0 saturated carbocycles. The summed E-state index contributed by atoms with van der Waals surface area (Å²) in [6, 6.07) is 8.42. The average molecular weight is 318 g/mol. The molecule has 2 aromatic rings. The quantitative estimate of drug-likeness (QED) is 0.878. The lowest BCUT2D eigenvalue weighted by Gasteiger charge is -2.22. The van der Waals surface area contributed by atoms with Crippen LogP contribution < -0.4 is 10.6 Å². The molecular weight excluding hydrogens is 296 g/mol. The third kappa shape index (κ3) is 3.62. The normalized spacial score (nSPS) is 18.5. The molecule has 1 aliphatic heterocycles. The minimum absolute atomic E-state index is 0.127. The number of thioether (sulfide) groups is 1. The van der Waals surface area contributed by atoms with Gasteiger partial charge in [0.05, 0.1) is 11.0 Å². The fourth-order valence-corrected chi connectivity index (χ4v) is 3.78. The van der Waals surface area contributed by atoms with Crippen LogP contribution in [0.5, 0.6) is 0 Å². The van der Waals surface area contributed by atoms with Crippen LogP contribution in [-0.2, 0) is 11.3 Å². The Balaban J connectivity index is 1.51. The van der Waals surface area contributed by atoms with Gasteiger partial charge < -0.3 is 15.2 Å². The smallest absolute Gasteiger partial charge is 0.221 e. The zero-order valence-corrected chi connectivity index (χ0v) is 13.7. The van der Waals surface area contributed by atoms with E-state index < -0.39 is 0 Å². The molecule has 1 aliphatic rings. The number of rotatable bonds is 5. The van der Waals surface area contributed by atoms with Crippen LogP contribution in [-0.4, -0.2) is 46.1 Å². The molecule has 118 valence electrons. The van der Waals surface area contributed by atoms with Crippen molar-refractivity contribution in [1.29, 1.82) is 0 Å². The van der Waals surface area contributed by atoms with Crippen LogP contribution in [0.25, 0.3) is 11.0 Å². The minimum atomic E-state index is 0.127. The lowest BCUT2D eigenvalue weighted by atomic mass is 10.2. The number of nitrogens with one attached hydrogen (secondary N) is 2. The third-order valence-electron chi connectivity index (χ3n) is 3.93. The number of benzene rings is 1. The zero-order valence-electron chi connectivity index (χ0n) is 12.8. The van der Waals surface area contributed by atoms with Gasteiger partial charge in [0.2, 0.25) is 5.91 Å². The molecule has 1 saturated heterocycles. The summed E-state index contributed by atoms with van der Waals surface area (Å²) in [5.41, 5.74) is 2.13. The Bertz CT molecular complexity index is 649. The minimum Gasteiger partial charge on any atom is -0.354 e. The molecule has 5 nitrogen and oxygen atoms in total. The molecule has 3 rings (SSSR count). The molecule has 1 fully saturated rings. The Hall–Kier alpha value is -1.53. The van der Waals surface area contributed by atoms with E-state index in [2.05, 4.69) is 26.3 Å². The zero-order chi connectivity index (χ0) is 15.4. The maximum absolute atomic E-state index is 12.0. The molecule has 1 aromatic heterocycles. The van der Waals surface area contributed by atoms with Gasteiger partial charge in [-0.25, -0.2) is 4.98 Å². The monoisotopic (exact) mass is 318 g/mol. The lowest BCUT2D eigenvalue weighted by Crippen LogP contribution is -2.41. The Morgan fingerprint density at radius 3 is 3.18 bits per heavy atom. The van der Waals surface area contributed by atoms with Crippen LogP contribution in [0.4, 0.5) is 0 Å². The number of carbonyl (C=O) groups excluding carboxylic acids is 1. The number of fused-ring (bicyclic) bond motifs is 1. The first-order chi connectivity index (χ1) is 10.7. The first-order valence-corrected chi connectivity index (χ1v) is 8.89. The Kier molecular flexibility index (Phi) is 5.00. The highest BCUT2D eigenvalue weighted by atomic mass is 32.2. The summed E-state index contributed by atoms with van der Waals surface area (Å²) in [6.45, 7) is 4.40. The van der Waals surface area contributed by atoms with Crippen molar-refractivity contribution in [3.8, 4) is 0 Å². The van der Waals surface area contributed by atoms with Crippen molar-refractivity contribution in [3.63, 3.8) is 0 Å². The van der Waals surface area contributed by atoms with Crippen LogP contribution in [0.3, 0.4) is 0 Å². The van der Waals surface area contributed by atoms with Gasteiger partial charge in [-0.2, -0.15) is 11.8 Å². The second-order valence-corrected chi connectivity index (χ2v) is 6.73. The molecule has 0 bridgehead atoms. The van der Waals surface area contributed by atoms with Crippen molar-refractivity contribution in [2.75, 3.05) is 24.6 Å². The largest absolute Gasteiger partial charge is 0.354 e. The van der Waals surface area contributed by atoms with E-state index in [0.29, 0.717) is 19.0 Å². The van der Waals surface area contributed by atoms with Crippen LogP contribution >= 0.6 is 11.8 Å². The van der Waals surface area contributed by atoms with Crippen LogP contribution in [0.2, 0.25) is 0 Å². The maximum atomic E-state index is 12.0. The standard InChI is InChI=1S/C16H22N4OS/c1-12-19-14-4-2-3-5-15(14)20(12)8-6-18-16(21)10-13-11-22-9-7-17-13/h2-5,13,17H,6-11H2,1H3,(H,18,21). The van der Waals surface area contributed by atoms with Gasteiger partial charge in [0.1, 0.15) is 5.82 Å². The Morgan fingerprint density at radius 2 is 2.36 bits per heavy atom. The lowest BCUT2D eigenvalue weighted by molar-refractivity contribution is -0.121. The van der Waals surface area contributed by atoms with Crippen molar-refractivity contribution in [2.24, 2.45) is 0 Å². The average Bonchev–Trinajstić information content (AvgIpc) is 2.84. The van der Waals surface area contributed by atoms with Gasteiger partial charge >= 0.3 is 0 Å². The third-order valence-corrected chi connectivity index (χ3v) is 5.06. The second kappa shape index (κ2) is 7.15. The van der Waals surface area contributed by atoms with Gasteiger partial charge in [-0.3, -0.25) is 4.79 Å². The highest BCUT2D eigenvalue weighted by Gasteiger charge is 2.16. The van der Waals surface area contributed by atoms with E-state index in [-0.39, 0.29) is 5.91 Å². The molecular formula is C16H22N4OS. The van der Waals surface area contributed by atoms with Gasteiger partial charge in [0, 0.05) is 43.6 Å². The fourth-order valence-electron chi connectivity index (χ4n) is 2.83. The van der Waals surface area contributed by atoms with Gasteiger partial charge in [0.15, 0.2) is 0 Å². The fraction of sp³-hybridized carbons (Fsp3) is 0.500. The van der Waals surface area contributed by atoms with E-state index in [1.54, 1.807) is 0 Å². The molecule has 1 atom stereocenters. The number of carbonyl (C=O) groups is 1. The number of imidazole rings is 1. The van der Waals surface area contributed by atoms with Crippen LogP contribution in [0.1, 0.15) is 12.2 Å². The topological polar surface area (TPSA) is 59.0 Å². The molecule has 1 aromatic carbocycles. The number of aromatic nitrogens is 2. The number of para-hydroxylation sites is 2. The van der Waals surface area contributed by atoms with Gasteiger partial charge in [-0.05, 0) is 19.1 Å². The number of aryl methyl sites for hydroxylation is 1. The molecule has 0 aliphatic carbocycles. The van der Waals surface area contributed by atoms with Crippen LogP contribution in [0.15, 0.2) is 24.3 Å². The van der Waals surface area contributed by atoms with E-state index in [9.17, 15) is 4.79 Å². The number of hydrogen-bond donors (Lipinski definition) is 2. The summed E-state index contributed by atoms with van der Waals surface area (Å²) < 4.78 is 2.16. The number of amides is 1. The van der Waals surface area contributed by atoms with Gasteiger partial charge in [-0.15, -0.1) is 0 Å². The molecule has 0 spiro atoms. The predicted octanol–water partition coefficient (Wildman–Crippen LogP) is 1.56. The van der Waals surface area contributed by atoms with Crippen molar-refractivity contribution >= 4 is 28.7 Å². The first-order valence-electron chi connectivity index (χ1n) is 7.74. The first kappa shape index (κ1) is 15.4. The summed E-state index contributed by atoms with van der Waals surface area (Å²) >= 11 is 1.92. The van der Waals surface area contributed by atoms with Crippen molar-refractivity contribution < 1.29 is 4.79 Å². The number of nitrogens with zero attached hydrogens (tertiary/aromatic N) is 2. The summed E-state index contributed by atoms with van der Waals surface area (Å²) in [5, 5.41) is 6.41. The highest BCUT2D eigenvalue weighted by molar-refractivity contribution is 7.99. The van der Waals surface area contributed by atoms with Gasteiger partial charge in [0.25, 0.3) is 0 Å². The Labute approximate surface area is 134 Å². The second-order valence-electron chi connectivity index (χ2n) is 5.58. The summed E-state index contributed by atoms with van der Waals surface area (Å²) in [4.78, 5) is 16.5. The molecule has 6 heteroatoms. The molecule has 22 heavy (non-hydrogen) atoms. The number of hydrogen-bond acceptors (Lipinski definition) is 4. The molecule has 2 heterocycles. The van der Waals surface area contributed by atoms with Crippen molar-refractivity contribution in [2.45, 2.75) is 25.9 Å². The predicted molar refractivity (Wildman–Crippen MR) is 91.2 cm³/mol. The van der Waals surface area contributed by atoms with E-state index in [1.807, 2.05) is 36.9 Å². The molecule has 1 amide bonds. The summed E-state index contributed by atoms with van der Waals surface area (Å²) in [5.74, 6) is 3.28. The van der Waals surface area contributed by atoms with Gasteiger partial charge in [-0.1, -0.05) is 12.1 Å². The Morgan fingerprint density at radius 1 is 1.50 bits per heavy atom. The van der Waals surface area contributed by atoms with E-state index >= 15 is 0 Å². The van der Waals surface area contributed by atoms with Crippen molar-refractivity contribution in [3.05, 3.63) is 30.1 Å². The SMILES string of the molecule is Cc1nc2ccccc2n1CCNC(=O)CC1CSCCN1. The maximum Gasteiger partial charge on any atom is 0.221 e.